The minimum atomic E-state index is -2.24. The van der Waals surface area contributed by atoms with Crippen LogP contribution >= 0.6 is 34.8 Å². The molecule has 3 atom stereocenters. The van der Waals surface area contributed by atoms with Crippen LogP contribution in [0, 0.1) is 62.3 Å². The molecule has 3 aliphatic heterocycles. The van der Waals surface area contributed by atoms with E-state index in [1.807, 2.05) is 171 Å². The molecule has 0 unspecified atom stereocenters. The van der Waals surface area contributed by atoms with Gasteiger partial charge >= 0.3 is 18.3 Å². The summed E-state index contributed by atoms with van der Waals surface area (Å²) in [4.78, 5) is 89.6. The minimum Gasteiger partial charge on any atom is -0.491 e. The van der Waals surface area contributed by atoms with Crippen molar-refractivity contribution in [3.8, 4) is 85.2 Å². The summed E-state index contributed by atoms with van der Waals surface area (Å²) in [6.45, 7) is 61.0. The fraction of sp³-hybridized carbons (Fsp3) is 0.472. The largest absolute Gasteiger partial charge is 0.491 e. The van der Waals surface area contributed by atoms with E-state index >= 15 is 0 Å². The average Bonchev–Trinajstić information content (AvgIpc) is 1.54. The molecule has 146 heavy (non-hydrogen) atoms. The fourth-order valence-electron chi connectivity index (χ4n) is 16.0. The van der Waals surface area contributed by atoms with Crippen molar-refractivity contribution in [3.63, 3.8) is 0 Å². The van der Waals surface area contributed by atoms with Crippen molar-refractivity contribution in [1.82, 2.24) is 80.3 Å². The summed E-state index contributed by atoms with van der Waals surface area (Å²) < 4.78 is 65.1. The minimum absolute atomic E-state index is 0.0172. The van der Waals surface area contributed by atoms with Crippen LogP contribution in [0.2, 0.25) is 51.5 Å². The van der Waals surface area contributed by atoms with E-state index in [9.17, 15) is 19.5 Å². The third kappa shape index (κ3) is 28.9. The Hall–Kier alpha value is -12.1. The number of nitrogens with one attached hydrogen (secondary N) is 1. The van der Waals surface area contributed by atoms with Gasteiger partial charge in [0.25, 0.3) is 0 Å². The van der Waals surface area contributed by atoms with Crippen LogP contribution in [0.1, 0.15) is 189 Å². The maximum Gasteiger partial charge on any atom is 0.410 e. The summed E-state index contributed by atoms with van der Waals surface area (Å²) in [7, 11) is 0.578. The normalized spacial score (nSPS) is 13.7. The molecule has 0 fully saturated rings. The number of aryl methyl sites for hydroxylation is 6. The van der Waals surface area contributed by atoms with Gasteiger partial charge in [-0.3, -0.25) is 15.0 Å². The number of hydrogen-bond acceptors (Lipinski definition) is 30. The number of aliphatic hydroxyl groups excluding tert-OH is 1. The first-order valence-corrected chi connectivity index (χ1v) is 55.8. The van der Waals surface area contributed by atoms with Gasteiger partial charge in [0.1, 0.15) is 94.0 Å². The van der Waals surface area contributed by atoms with Crippen molar-refractivity contribution >= 4 is 81.4 Å². The molecule has 0 spiro atoms. The lowest BCUT2D eigenvalue weighted by Gasteiger charge is -2.40. The molecule has 0 radical (unpaired) electrons. The van der Waals surface area contributed by atoms with Gasteiger partial charge < -0.3 is 85.8 Å². The van der Waals surface area contributed by atoms with Gasteiger partial charge in [0.05, 0.1) is 123 Å². The second-order valence-corrected chi connectivity index (χ2v) is 53.9. The van der Waals surface area contributed by atoms with Crippen LogP contribution in [0.15, 0.2) is 129 Å². The summed E-state index contributed by atoms with van der Waals surface area (Å²) in [6, 6.07) is 30.3. The molecule has 2 N–H and O–H groups in total. The van der Waals surface area contributed by atoms with E-state index in [1.54, 1.807) is 82.2 Å². The summed E-state index contributed by atoms with van der Waals surface area (Å²) in [5.74, 6) is 6.50. The van der Waals surface area contributed by atoms with Gasteiger partial charge in [-0.1, -0.05) is 122 Å². The highest BCUT2D eigenvalue weighted by Gasteiger charge is 2.43. The highest BCUT2D eigenvalue weighted by atomic mass is 35.5. The quantitative estimate of drug-likeness (QED) is 0.0274. The highest BCUT2D eigenvalue weighted by molar-refractivity contribution is 6.74. The van der Waals surface area contributed by atoms with E-state index in [1.165, 1.54) is 16.2 Å². The van der Waals surface area contributed by atoms with E-state index < -0.39 is 63.9 Å². The third-order valence-corrected chi connectivity index (χ3v) is 35.7. The predicted molar refractivity (Wildman–Crippen MR) is 573 cm³/mol. The molecule has 3 aliphatic rings. The van der Waals surface area contributed by atoms with Crippen LogP contribution in [-0.2, 0) is 62.3 Å². The number of amides is 3. The Kier molecular flexibility index (Phi) is 35.9. The second kappa shape index (κ2) is 46.6. The van der Waals surface area contributed by atoms with Crippen LogP contribution in [0.3, 0.4) is 0 Å². The zero-order valence-electron chi connectivity index (χ0n) is 90.1. The smallest absolute Gasteiger partial charge is 0.410 e. The van der Waals surface area contributed by atoms with E-state index in [4.69, 9.17) is 111 Å². The number of fused-ring (bicyclic) bond motifs is 3. The van der Waals surface area contributed by atoms with Gasteiger partial charge in [-0.05, 0) is 244 Å². The van der Waals surface area contributed by atoms with Crippen LogP contribution in [0.25, 0.3) is 67.9 Å². The van der Waals surface area contributed by atoms with Crippen LogP contribution in [-0.4, -0.2) is 211 Å². The van der Waals surface area contributed by atoms with E-state index in [-0.39, 0.29) is 42.5 Å². The Morgan fingerprint density at radius 3 is 1.18 bits per heavy atom. The zero-order chi connectivity index (χ0) is 107. The molecule has 33 nitrogen and oxygen atoms in total. The highest BCUT2D eigenvalue weighted by Crippen LogP contribution is 2.45. The molecule has 3 aromatic carbocycles. The molecule has 0 saturated carbocycles. The van der Waals surface area contributed by atoms with E-state index in [0.717, 1.165) is 109 Å². The Morgan fingerprint density at radius 2 is 0.801 bits per heavy atom. The Balaban J connectivity index is 0.000000187. The molecule has 0 saturated heterocycles. The maximum atomic E-state index is 12.9. The molecule has 782 valence electrons. The summed E-state index contributed by atoms with van der Waals surface area (Å²) >= 11 is 20.2. The third-order valence-electron chi connectivity index (χ3n) is 25.6. The lowest BCUT2D eigenvalue weighted by Crippen LogP contribution is -2.49. The Morgan fingerprint density at radius 1 is 0.432 bits per heavy atom. The van der Waals surface area contributed by atoms with Gasteiger partial charge in [0.15, 0.2) is 34.1 Å². The topological polar surface area (TPSA) is 368 Å². The van der Waals surface area contributed by atoms with E-state index in [2.05, 4.69) is 136 Å². The lowest BCUT2D eigenvalue weighted by atomic mass is 10.0. The predicted octanol–water partition coefficient (Wildman–Crippen LogP) is 23.5. The standard InChI is InChI=1S/C38H51ClN6O5Si.C32H37ClN6O5.C31H45ClN4O5Si.C7H8N2/c1-23-33(32-24(2)43-49-25(32)3)41-34(42-35(23)45-19-26-14-13-17-40-31(26)21-45)29-18-27(15-16-30(29)39)47-22-28(50-51(11,12)38(7,8)9)20-44(10)36(46)48-37(4,5)6;1-18-28(27-19(2)37-44-20(27)3)35-29(36-30(18)39-14-21-9-8-12-34-26(21)16-39)24-13-23(10-11-25(24)33)42-17-22(40)15-38(7)31(41)43-32(4,5)6;1-19-26(25-20(2)35-40-21(25)3)33-28(34-27(19)32)22-14-13-15-23(16-22)38-18-24(41-42(11,12)31(7,8)9)17-36(10)29(37)39-30(4,5)6;1-2-6-4-8-5-7(6)9-3-1/h13-18,28H,19-22H2,1-12H3;8-13,22,40H,14-17H2,1-7H3;13-16,24H,17-18H2,1-12H3;1-3,8H,4-5H2/t28-;22-;24-;/m111./s1. The van der Waals surface area contributed by atoms with Gasteiger partial charge in [-0.15, -0.1) is 0 Å². The van der Waals surface area contributed by atoms with Crippen LogP contribution in [0.4, 0.5) is 26.0 Å². The van der Waals surface area contributed by atoms with Crippen LogP contribution < -0.4 is 29.3 Å². The van der Waals surface area contributed by atoms with Crippen molar-refractivity contribution in [1.29, 1.82) is 0 Å². The average molecular weight is 2090 g/mol. The number of carbonyl (C=O) groups is 3. The number of hydrogen-bond donors (Lipinski definition) is 2. The van der Waals surface area contributed by atoms with Crippen molar-refractivity contribution in [2.24, 2.45) is 0 Å². The lowest BCUT2D eigenvalue weighted by molar-refractivity contribution is 0.0152. The zero-order valence-corrected chi connectivity index (χ0v) is 94.4. The number of anilines is 2. The number of halogens is 3. The van der Waals surface area contributed by atoms with Crippen molar-refractivity contribution in [3.05, 3.63) is 216 Å². The number of aliphatic hydroxyl groups is 1. The first kappa shape index (κ1) is 113. The molecule has 12 heterocycles. The monoisotopic (exact) mass is 2090 g/mol. The number of ether oxygens (including phenoxy) is 6. The molecule has 9 aromatic heterocycles. The summed E-state index contributed by atoms with van der Waals surface area (Å²) in [5.41, 5.74) is 16.3. The Bertz CT molecular complexity index is 6510. The number of pyridine rings is 3. The number of likely N-dealkylation sites (N-methyl/N-ethyl adjacent to an activating group) is 3. The number of benzene rings is 3. The molecule has 38 heteroatoms. The molecule has 15 rings (SSSR count). The molecular formula is C108H141Cl3N18O15Si2. The number of rotatable bonds is 27. The van der Waals surface area contributed by atoms with Crippen LogP contribution in [0.5, 0.6) is 17.2 Å². The van der Waals surface area contributed by atoms with E-state index in [0.29, 0.717) is 129 Å². The first-order valence-electron chi connectivity index (χ1n) is 48.8. The van der Waals surface area contributed by atoms with Gasteiger partial charge in [0, 0.05) is 99.3 Å². The summed E-state index contributed by atoms with van der Waals surface area (Å²) in [5, 5.41) is 27.4. The summed E-state index contributed by atoms with van der Waals surface area (Å²) in [6.07, 6.45) is 2.37. The number of nitrogens with zero attached hydrogens (tertiary/aromatic N) is 17. The molecule has 0 bridgehead atoms. The molecule has 12 aromatic rings. The van der Waals surface area contributed by atoms with Crippen molar-refractivity contribution in [2.75, 3.05) is 70.4 Å². The first-order chi connectivity index (χ1) is 68.3. The fourth-order valence-corrected chi connectivity index (χ4v) is 19.2. The molecule has 3 amide bonds. The SMILES string of the molecule is Cc1noc(C)c1-c1nc(-c2cc(OC[C@@H](CN(C)C(=O)OC(C)(C)C)O[Si](C)(C)C(C)(C)C)ccc2Cl)nc(N2Cc3cccnc3C2)c1C.Cc1noc(C)c1-c1nc(-c2cc(OC[C@H](O)CN(C)C(=O)OC(C)(C)C)ccc2Cl)nc(N2Cc3cccnc3C2)c1C.Cc1noc(C)c1-c1nc(-c2cccc(OC[C@@H](CN(C)C(=O)OC(C)(C)C)O[Si](C)(C)C(C)(C)C)c2)nc(Cl)c1C.c1cnc2c(c1)CNC2. The Labute approximate surface area is 874 Å². The van der Waals surface area contributed by atoms with Gasteiger partial charge in [-0.25, -0.2) is 44.3 Å². The molecular weight excluding hydrogens is 1950 g/mol. The van der Waals surface area contributed by atoms with Crippen molar-refractivity contribution < 1.29 is 70.3 Å². The second-order valence-electron chi connectivity index (χ2n) is 43.2. The van der Waals surface area contributed by atoms with Gasteiger partial charge in [-0.2, -0.15) is 0 Å². The molecule has 0 aliphatic carbocycles. The van der Waals surface area contributed by atoms with Crippen molar-refractivity contribution in [2.45, 2.75) is 277 Å². The number of aromatic nitrogens is 12. The number of carbonyl (C=O) groups excluding carboxylic acids is 3. The van der Waals surface area contributed by atoms with Gasteiger partial charge in [0.2, 0.25) is 0 Å². The maximum absolute atomic E-state index is 12.9.